The van der Waals surface area contributed by atoms with Gasteiger partial charge >= 0.3 is 6.03 Å². The second-order valence-electron chi connectivity index (χ2n) is 5.32. The van der Waals surface area contributed by atoms with Crippen LogP contribution in [0.1, 0.15) is 18.4 Å². The van der Waals surface area contributed by atoms with Crippen molar-refractivity contribution in [3.63, 3.8) is 0 Å². The van der Waals surface area contributed by atoms with E-state index in [9.17, 15) is 14.7 Å². The molecule has 0 radical (unpaired) electrons. The molecular weight excluding hydrogens is 258 g/mol. The highest BCUT2D eigenvalue weighted by atomic mass is 16.3. The minimum Gasteiger partial charge on any atom is -0.508 e. The highest BCUT2D eigenvalue weighted by Gasteiger charge is 2.51. The summed E-state index contributed by atoms with van der Waals surface area (Å²) in [6.07, 6.45) is 1.26. The average molecular weight is 275 g/mol. The highest BCUT2D eigenvalue weighted by Crippen LogP contribution is 2.28. The Labute approximate surface area is 116 Å². The van der Waals surface area contributed by atoms with E-state index in [-0.39, 0.29) is 24.2 Å². The molecule has 2 aliphatic rings. The number of phenols is 1. The van der Waals surface area contributed by atoms with Gasteiger partial charge in [0.25, 0.3) is 5.91 Å². The number of aromatic hydroxyl groups is 1. The zero-order valence-electron chi connectivity index (χ0n) is 11.1. The summed E-state index contributed by atoms with van der Waals surface area (Å²) < 4.78 is 0. The summed E-state index contributed by atoms with van der Waals surface area (Å²) in [6.45, 7) is 1.71. The minimum atomic E-state index is -0.723. The predicted octanol–water partition coefficient (Wildman–Crippen LogP) is 0.566. The monoisotopic (exact) mass is 275 g/mol. The van der Waals surface area contributed by atoms with Crippen LogP contribution < -0.4 is 10.6 Å². The third-order valence-electron chi connectivity index (χ3n) is 3.98. The highest BCUT2D eigenvalue weighted by molar-refractivity contribution is 6.07. The molecule has 0 unspecified atom stereocenters. The predicted molar refractivity (Wildman–Crippen MR) is 72.0 cm³/mol. The zero-order chi connectivity index (χ0) is 14.2. The first-order chi connectivity index (χ1) is 9.61. The second-order valence-corrected chi connectivity index (χ2v) is 5.32. The SMILES string of the molecule is O=C1NC2(CCNCC2)C(=O)N1Cc1ccc(O)cc1. The first-order valence-corrected chi connectivity index (χ1v) is 6.73. The van der Waals surface area contributed by atoms with Crippen LogP contribution in [-0.2, 0) is 11.3 Å². The molecule has 2 heterocycles. The minimum absolute atomic E-state index is 0.142. The van der Waals surface area contributed by atoms with Crippen LogP contribution >= 0.6 is 0 Å². The summed E-state index contributed by atoms with van der Waals surface area (Å²) in [4.78, 5) is 25.8. The lowest BCUT2D eigenvalue weighted by atomic mass is 9.88. The number of carbonyl (C=O) groups excluding carboxylic acids is 2. The Morgan fingerprint density at radius 1 is 1.15 bits per heavy atom. The van der Waals surface area contributed by atoms with E-state index in [0.29, 0.717) is 12.8 Å². The van der Waals surface area contributed by atoms with Crippen LogP contribution in [0.4, 0.5) is 4.79 Å². The number of rotatable bonds is 2. The van der Waals surface area contributed by atoms with Crippen LogP contribution in [0.15, 0.2) is 24.3 Å². The summed E-state index contributed by atoms with van der Waals surface area (Å²) in [5.41, 5.74) is 0.0940. The van der Waals surface area contributed by atoms with Crippen LogP contribution in [-0.4, -0.2) is 40.6 Å². The Hall–Kier alpha value is -2.08. The number of piperidine rings is 1. The number of imide groups is 1. The Kier molecular flexibility index (Phi) is 3.10. The number of nitrogens with one attached hydrogen (secondary N) is 2. The smallest absolute Gasteiger partial charge is 0.325 e. The van der Waals surface area contributed by atoms with Gasteiger partial charge in [-0.1, -0.05) is 12.1 Å². The number of hydrogen-bond donors (Lipinski definition) is 3. The summed E-state index contributed by atoms with van der Waals surface area (Å²) in [7, 11) is 0. The molecule has 3 rings (SSSR count). The summed E-state index contributed by atoms with van der Waals surface area (Å²) in [5.74, 6) is 0.0258. The molecule has 2 aliphatic heterocycles. The van der Waals surface area contributed by atoms with E-state index in [1.807, 2.05) is 0 Å². The van der Waals surface area contributed by atoms with Crippen molar-refractivity contribution in [3.05, 3.63) is 29.8 Å². The van der Waals surface area contributed by atoms with Crippen LogP contribution in [0.3, 0.4) is 0 Å². The maximum atomic E-state index is 12.5. The molecule has 0 bridgehead atoms. The third kappa shape index (κ3) is 2.12. The van der Waals surface area contributed by atoms with Crippen LogP contribution in [0.5, 0.6) is 5.75 Å². The summed E-state index contributed by atoms with van der Waals surface area (Å²) in [5, 5.41) is 15.3. The summed E-state index contributed by atoms with van der Waals surface area (Å²) in [6, 6.07) is 6.19. The van der Waals surface area contributed by atoms with Gasteiger partial charge < -0.3 is 15.7 Å². The van der Waals surface area contributed by atoms with Crippen molar-refractivity contribution in [3.8, 4) is 5.75 Å². The van der Waals surface area contributed by atoms with E-state index < -0.39 is 5.54 Å². The molecule has 6 heteroatoms. The number of hydrogen-bond acceptors (Lipinski definition) is 4. The van der Waals surface area contributed by atoms with Gasteiger partial charge in [0.1, 0.15) is 11.3 Å². The fourth-order valence-electron chi connectivity index (χ4n) is 2.80. The average Bonchev–Trinajstić information content (AvgIpc) is 2.67. The van der Waals surface area contributed by atoms with Crippen LogP contribution in [0, 0.1) is 0 Å². The van der Waals surface area contributed by atoms with Gasteiger partial charge in [-0.15, -0.1) is 0 Å². The number of carbonyl (C=O) groups is 2. The van der Waals surface area contributed by atoms with Crippen molar-refractivity contribution in [2.45, 2.75) is 24.9 Å². The Morgan fingerprint density at radius 2 is 1.80 bits per heavy atom. The molecule has 3 amide bonds. The standard InChI is InChI=1S/C14H17N3O3/c18-11-3-1-10(2-4-11)9-17-12(19)14(16-13(17)20)5-7-15-8-6-14/h1-4,15,18H,5-9H2,(H,16,20). The number of amides is 3. The van der Waals surface area contributed by atoms with Gasteiger partial charge in [-0.2, -0.15) is 0 Å². The van der Waals surface area contributed by atoms with Gasteiger partial charge in [0.05, 0.1) is 6.54 Å². The topological polar surface area (TPSA) is 81.7 Å². The van der Waals surface area contributed by atoms with Gasteiger partial charge in [-0.3, -0.25) is 9.69 Å². The third-order valence-corrected chi connectivity index (χ3v) is 3.98. The molecule has 20 heavy (non-hydrogen) atoms. The van der Waals surface area contributed by atoms with E-state index >= 15 is 0 Å². The van der Waals surface area contributed by atoms with E-state index in [0.717, 1.165) is 18.7 Å². The first kappa shape index (κ1) is 12.9. The molecule has 0 aliphatic carbocycles. The van der Waals surface area contributed by atoms with E-state index in [4.69, 9.17) is 0 Å². The van der Waals surface area contributed by atoms with Crippen LogP contribution in [0.2, 0.25) is 0 Å². The van der Waals surface area contributed by atoms with Crippen molar-refractivity contribution in [1.29, 1.82) is 0 Å². The van der Waals surface area contributed by atoms with Gasteiger partial charge in [-0.25, -0.2) is 4.79 Å². The molecule has 2 saturated heterocycles. The number of urea groups is 1. The van der Waals surface area contributed by atoms with E-state index in [1.165, 1.54) is 4.90 Å². The van der Waals surface area contributed by atoms with Gasteiger partial charge in [-0.05, 0) is 43.6 Å². The lowest BCUT2D eigenvalue weighted by molar-refractivity contribution is -0.132. The Morgan fingerprint density at radius 3 is 2.45 bits per heavy atom. The Balaban J connectivity index is 1.78. The largest absolute Gasteiger partial charge is 0.508 e. The second kappa shape index (κ2) is 4.79. The lowest BCUT2D eigenvalue weighted by Crippen LogP contribution is -2.53. The maximum Gasteiger partial charge on any atom is 0.325 e. The van der Waals surface area contributed by atoms with Crippen molar-refractivity contribution in [1.82, 2.24) is 15.5 Å². The van der Waals surface area contributed by atoms with E-state index in [2.05, 4.69) is 10.6 Å². The van der Waals surface area contributed by atoms with Gasteiger partial charge in [0.15, 0.2) is 0 Å². The lowest BCUT2D eigenvalue weighted by Gasteiger charge is -2.31. The molecule has 3 N–H and O–H groups in total. The Bertz CT molecular complexity index is 535. The fourth-order valence-corrected chi connectivity index (χ4v) is 2.80. The molecular formula is C14H17N3O3. The zero-order valence-corrected chi connectivity index (χ0v) is 11.1. The molecule has 0 atom stereocenters. The summed E-state index contributed by atoms with van der Waals surface area (Å²) >= 11 is 0. The maximum absolute atomic E-state index is 12.5. The molecule has 106 valence electrons. The molecule has 0 saturated carbocycles. The molecule has 1 aromatic carbocycles. The molecule has 0 aromatic heterocycles. The van der Waals surface area contributed by atoms with Crippen molar-refractivity contribution in [2.24, 2.45) is 0 Å². The van der Waals surface area contributed by atoms with Crippen molar-refractivity contribution < 1.29 is 14.7 Å². The van der Waals surface area contributed by atoms with Crippen molar-refractivity contribution >= 4 is 11.9 Å². The van der Waals surface area contributed by atoms with Gasteiger partial charge in [0, 0.05) is 0 Å². The quantitative estimate of drug-likeness (QED) is 0.689. The molecule has 2 fully saturated rings. The first-order valence-electron chi connectivity index (χ1n) is 6.73. The normalized spacial score (nSPS) is 21.3. The number of phenolic OH excluding ortho intramolecular Hbond substituents is 1. The molecule has 1 aromatic rings. The van der Waals surface area contributed by atoms with Crippen LogP contribution in [0.25, 0.3) is 0 Å². The fraction of sp³-hybridized carbons (Fsp3) is 0.429. The number of nitrogens with zero attached hydrogens (tertiary/aromatic N) is 1. The molecule has 6 nitrogen and oxygen atoms in total. The van der Waals surface area contributed by atoms with E-state index in [1.54, 1.807) is 24.3 Å². The molecule has 1 spiro atoms. The van der Waals surface area contributed by atoms with Crippen molar-refractivity contribution in [2.75, 3.05) is 13.1 Å². The van der Waals surface area contributed by atoms with Gasteiger partial charge in [0.2, 0.25) is 0 Å². The number of benzene rings is 1.